The fraction of sp³-hybridized carbons (Fsp3) is 0.500. The van der Waals surface area contributed by atoms with Crippen LogP contribution >= 0.6 is 22.6 Å². The van der Waals surface area contributed by atoms with E-state index in [1.165, 1.54) is 5.57 Å². The maximum atomic E-state index is 3.67. The average molecular weight is 208 g/mol. The molecule has 0 radical (unpaired) electrons. The van der Waals surface area contributed by atoms with Gasteiger partial charge in [-0.25, -0.2) is 0 Å². The van der Waals surface area contributed by atoms with Gasteiger partial charge in [0.25, 0.3) is 0 Å². The molecule has 0 aliphatic heterocycles. The molecule has 0 saturated heterocycles. The van der Waals surface area contributed by atoms with E-state index in [1.54, 1.807) is 0 Å². The van der Waals surface area contributed by atoms with Gasteiger partial charge in [-0.1, -0.05) is 34.7 Å². The molecule has 0 rings (SSSR count). The Kier molecular flexibility index (Phi) is 10.7. The molecule has 0 aromatic rings. The van der Waals surface area contributed by atoms with Gasteiger partial charge in [0.2, 0.25) is 0 Å². The number of hydrogen-bond donors (Lipinski definition) is 0. The Bertz CT molecular complexity index is 42.8. The molecule has 0 amide bonds. The summed E-state index contributed by atoms with van der Waals surface area (Å²) in [4.78, 5) is 0. The van der Waals surface area contributed by atoms with E-state index in [9.17, 15) is 0 Å². The molecule has 0 saturated carbocycles. The summed E-state index contributed by atoms with van der Waals surface area (Å²) >= 11 is 2.28. The largest absolute Gasteiger partial charge is 0.316 e. The van der Waals surface area contributed by atoms with Crippen LogP contribution in [0.3, 0.4) is 0 Å². The summed E-state index contributed by atoms with van der Waals surface area (Å²) in [5.41, 5.74) is 1.24. The van der Waals surface area contributed by atoms with Crippen molar-refractivity contribution in [1.29, 1.82) is 0 Å². The van der Waals surface area contributed by atoms with Crippen LogP contribution in [-0.4, -0.2) is 27.5 Å². The van der Waals surface area contributed by atoms with Crippen LogP contribution in [0.25, 0.3) is 0 Å². The molecule has 0 aromatic carbocycles. The van der Waals surface area contributed by atoms with Crippen molar-refractivity contribution in [3.63, 3.8) is 0 Å². The third kappa shape index (κ3) is 8.97. The highest BCUT2D eigenvalue weighted by atomic mass is 127. The maximum Gasteiger partial charge on any atom is 0.316 e. The summed E-state index contributed by atoms with van der Waals surface area (Å²) in [5.74, 6) is 0. The van der Waals surface area contributed by atoms with Gasteiger partial charge in [0.15, 0.2) is 0 Å². The van der Waals surface area contributed by atoms with Crippen molar-refractivity contribution in [3.8, 4) is 0 Å². The van der Waals surface area contributed by atoms with Crippen molar-refractivity contribution in [3.05, 3.63) is 12.2 Å². The van der Waals surface area contributed by atoms with Crippen molar-refractivity contribution in [2.45, 2.75) is 6.92 Å². The zero-order valence-corrected chi connectivity index (χ0v) is 5.45. The molecule has 0 heterocycles. The highest BCUT2D eigenvalue weighted by molar-refractivity contribution is 14.1. The Labute approximate surface area is 68.7 Å². The van der Waals surface area contributed by atoms with Gasteiger partial charge >= 0.3 is 23.1 Å². The standard InChI is InChI=1S/C4H7I.Mg.2H/c1-4(2)3-5;;;/h1,3H2,2H3;;;. The van der Waals surface area contributed by atoms with Crippen molar-refractivity contribution in [2.24, 2.45) is 0 Å². The first-order valence-corrected chi connectivity index (χ1v) is 3.00. The summed E-state index contributed by atoms with van der Waals surface area (Å²) in [7, 11) is 0. The molecule has 6 heavy (non-hydrogen) atoms. The van der Waals surface area contributed by atoms with Crippen LogP contribution in [-0.2, 0) is 0 Å². The van der Waals surface area contributed by atoms with E-state index in [2.05, 4.69) is 29.2 Å². The van der Waals surface area contributed by atoms with E-state index in [0.29, 0.717) is 0 Å². The summed E-state index contributed by atoms with van der Waals surface area (Å²) < 4.78 is 1.08. The Morgan fingerprint density at radius 1 is 1.83 bits per heavy atom. The fourth-order valence-corrected chi connectivity index (χ4v) is 0. The van der Waals surface area contributed by atoms with Crippen LogP contribution < -0.4 is 0 Å². The molecule has 0 spiro atoms. The van der Waals surface area contributed by atoms with Crippen LogP contribution in [0.1, 0.15) is 6.92 Å². The molecule has 0 aromatic heterocycles. The smallest absolute Gasteiger partial charge is 0.0994 e. The lowest BCUT2D eigenvalue weighted by molar-refractivity contribution is 1.47. The molecule has 0 atom stereocenters. The van der Waals surface area contributed by atoms with Gasteiger partial charge in [-0.05, 0) is 6.92 Å². The molecule has 0 unspecified atom stereocenters. The minimum Gasteiger partial charge on any atom is -0.0994 e. The highest BCUT2D eigenvalue weighted by Crippen LogP contribution is 1.90. The van der Waals surface area contributed by atoms with Crippen molar-refractivity contribution < 1.29 is 0 Å². The van der Waals surface area contributed by atoms with E-state index in [4.69, 9.17) is 0 Å². The number of rotatable bonds is 1. The molecule has 0 bridgehead atoms. The van der Waals surface area contributed by atoms with E-state index >= 15 is 0 Å². The third-order valence-corrected chi connectivity index (χ3v) is 1.53. The molecule has 0 fully saturated rings. The Balaban J connectivity index is 0. The van der Waals surface area contributed by atoms with Crippen LogP contribution in [0.15, 0.2) is 12.2 Å². The number of alkyl halides is 1. The summed E-state index contributed by atoms with van der Waals surface area (Å²) in [5, 5.41) is 0. The van der Waals surface area contributed by atoms with Crippen LogP contribution in [0, 0.1) is 0 Å². The van der Waals surface area contributed by atoms with Gasteiger partial charge in [0.1, 0.15) is 0 Å². The molecule has 0 aliphatic rings. The SMILES string of the molecule is C=C(C)CI.[MgH2]. The third-order valence-electron chi connectivity index (χ3n) is 0.228. The lowest BCUT2D eigenvalue weighted by Gasteiger charge is -1.77. The second-order valence-corrected chi connectivity index (χ2v) is 1.85. The van der Waals surface area contributed by atoms with Crippen LogP contribution in [0.4, 0.5) is 0 Å². The molecular weight excluding hydrogens is 199 g/mol. The van der Waals surface area contributed by atoms with Crippen molar-refractivity contribution in [2.75, 3.05) is 4.43 Å². The van der Waals surface area contributed by atoms with E-state index in [-0.39, 0.29) is 23.1 Å². The van der Waals surface area contributed by atoms with Gasteiger partial charge in [-0.2, -0.15) is 0 Å². The summed E-state index contributed by atoms with van der Waals surface area (Å²) in [6.07, 6.45) is 0. The highest BCUT2D eigenvalue weighted by Gasteiger charge is 1.69. The minimum atomic E-state index is 0. The first-order chi connectivity index (χ1) is 2.27. The summed E-state index contributed by atoms with van der Waals surface area (Å²) in [6.45, 7) is 5.69. The topological polar surface area (TPSA) is 0 Å². The zero-order valence-electron chi connectivity index (χ0n) is 3.29. The average Bonchev–Trinajstić information content (AvgIpc) is 1.38. The monoisotopic (exact) mass is 208 g/mol. The van der Waals surface area contributed by atoms with E-state index in [1.807, 2.05) is 6.92 Å². The molecule has 0 nitrogen and oxygen atoms in total. The Morgan fingerprint density at radius 2 is 2.00 bits per heavy atom. The second kappa shape index (κ2) is 6.24. The van der Waals surface area contributed by atoms with Crippen LogP contribution in [0.2, 0.25) is 0 Å². The lowest BCUT2D eigenvalue weighted by atomic mass is 10.4. The minimum absolute atomic E-state index is 0. The zero-order chi connectivity index (χ0) is 4.28. The maximum absolute atomic E-state index is 3.67. The van der Waals surface area contributed by atoms with Gasteiger partial charge in [0.05, 0.1) is 0 Å². The van der Waals surface area contributed by atoms with Crippen molar-refractivity contribution >= 4 is 45.6 Å². The molecule has 34 valence electrons. The summed E-state index contributed by atoms with van der Waals surface area (Å²) in [6, 6.07) is 0. The number of allylic oxidation sites excluding steroid dienone is 1. The molecule has 0 N–H and O–H groups in total. The van der Waals surface area contributed by atoms with Crippen LogP contribution in [0.5, 0.6) is 0 Å². The number of hydrogen-bond acceptors (Lipinski definition) is 0. The predicted octanol–water partition coefficient (Wildman–Crippen LogP) is 1.08. The lowest BCUT2D eigenvalue weighted by Crippen LogP contribution is -1.64. The van der Waals surface area contributed by atoms with E-state index in [0.717, 1.165) is 4.43 Å². The molecule has 0 aliphatic carbocycles. The Hall–Kier alpha value is 1.24. The quantitative estimate of drug-likeness (QED) is 0.262. The second-order valence-electron chi connectivity index (χ2n) is 1.09. The van der Waals surface area contributed by atoms with Gasteiger partial charge in [-0.3, -0.25) is 0 Å². The molecule has 2 heteroatoms. The Morgan fingerprint density at radius 3 is 2.00 bits per heavy atom. The fourth-order valence-electron chi connectivity index (χ4n) is 0. The first kappa shape index (κ1) is 10.3. The van der Waals surface area contributed by atoms with Crippen molar-refractivity contribution in [1.82, 2.24) is 0 Å². The van der Waals surface area contributed by atoms with E-state index < -0.39 is 0 Å². The predicted molar refractivity (Wildman–Crippen MR) is 42.2 cm³/mol. The van der Waals surface area contributed by atoms with Gasteiger partial charge in [0, 0.05) is 4.43 Å². The van der Waals surface area contributed by atoms with Gasteiger partial charge < -0.3 is 0 Å². The number of halogens is 1. The normalized spacial score (nSPS) is 6.33. The first-order valence-electron chi connectivity index (χ1n) is 1.47. The van der Waals surface area contributed by atoms with Gasteiger partial charge in [-0.15, -0.1) is 0 Å². The molecular formula is C4H9IMg.